The number of nitrogens with zero attached hydrogens (tertiary/aromatic N) is 3. The standard InChI is InChI=1S/C19H23N5O4/c1-9-3-4-13(25)10(2)15(9)24-16(20)14(17(21)26)22-18(24)19(27)23-5-11-7-28-8-12(11)6-23/h3-4,11-12,25H,5-8,20H2,1-2H3,(H2,21,26). The SMILES string of the molecule is Cc1ccc(O)c(C)c1-n1c(C(=O)N2CC3COCC3C2)nc(C(N)=O)c1N. The molecule has 2 atom stereocenters. The molecule has 2 saturated heterocycles. The third-order valence-electron chi connectivity index (χ3n) is 5.69. The second-order valence-electron chi connectivity index (χ2n) is 7.51. The average molecular weight is 385 g/mol. The Hall–Kier alpha value is -3.07. The van der Waals surface area contributed by atoms with E-state index in [1.807, 2.05) is 6.92 Å². The van der Waals surface area contributed by atoms with Gasteiger partial charge in [0.2, 0.25) is 5.82 Å². The van der Waals surface area contributed by atoms with Crippen LogP contribution in [0.25, 0.3) is 5.69 Å². The van der Waals surface area contributed by atoms with Crippen molar-refractivity contribution in [1.29, 1.82) is 0 Å². The van der Waals surface area contributed by atoms with E-state index in [1.165, 1.54) is 4.57 Å². The van der Waals surface area contributed by atoms with Crippen LogP contribution in [0.2, 0.25) is 0 Å². The number of fused-ring (bicyclic) bond motifs is 1. The van der Waals surface area contributed by atoms with Gasteiger partial charge in [0.05, 0.1) is 18.9 Å². The van der Waals surface area contributed by atoms with Crippen molar-refractivity contribution in [2.24, 2.45) is 17.6 Å². The van der Waals surface area contributed by atoms with Gasteiger partial charge in [0.15, 0.2) is 5.69 Å². The molecule has 2 unspecified atom stereocenters. The Bertz CT molecular complexity index is 971. The molecule has 9 nitrogen and oxygen atoms in total. The molecule has 0 bridgehead atoms. The van der Waals surface area contributed by atoms with E-state index in [9.17, 15) is 14.7 Å². The lowest BCUT2D eigenvalue weighted by Crippen LogP contribution is -2.32. The molecular weight excluding hydrogens is 362 g/mol. The van der Waals surface area contributed by atoms with Crippen LogP contribution in [0.4, 0.5) is 5.82 Å². The van der Waals surface area contributed by atoms with Gasteiger partial charge in [-0.15, -0.1) is 0 Å². The highest BCUT2D eigenvalue weighted by Gasteiger charge is 2.41. The lowest BCUT2D eigenvalue weighted by Gasteiger charge is -2.20. The topological polar surface area (TPSA) is 137 Å². The Balaban J connectivity index is 1.84. The van der Waals surface area contributed by atoms with Crippen LogP contribution in [0.15, 0.2) is 12.1 Å². The molecule has 2 aliphatic rings. The minimum absolute atomic E-state index is 0.0176. The smallest absolute Gasteiger partial charge is 0.290 e. The minimum atomic E-state index is -0.813. The first kappa shape index (κ1) is 18.3. The summed E-state index contributed by atoms with van der Waals surface area (Å²) in [6.07, 6.45) is 0. The van der Waals surface area contributed by atoms with Gasteiger partial charge in [0.1, 0.15) is 11.6 Å². The molecule has 0 spiro atoms. The number of imidazole rings is 1. The number of rotatable bonds is 3. The molecule has 2 aliphatic heterocycles. The third kappa shape index (κ3) is 2.70. The summed E-state index contributed by atoms with van der Waals surface area (Å²) in [6, 6.07) is 3.28. The number of aryl methyl sites for hydroxylation is 1. The molecule has 2 aromatic rings. The highest BCUT2D eigenvalue weighted by molar-refractivity contribution is 6.00. The van der Waals surface area contributed by atoms with Gasteiger partial charge in [-0.3, -0.25) is 14.2 Å². The van der Waals surface area contributed by atoms with Crippen LogP contribution in [0.1, 0.15) is 32.2 Å². The lowest BCUT2D eigenvalue weighted by molar-refractivity contribution is 0.0737. The molecule has 1 aromatic carbocycles. The monoisotopic (exact) mass is 385 g/mol. The Morgan fingerprint density at radius 3 is 2.46 bits per heavy atom. The second kappa shape index (κ2) is 6.52. The van der Waals surface area contributed by atoms with E-state index in [4.69, 9.17) is 16.2 Å². The number of aromatic hydroxyl groups is 1. The molecule has 0 radical (unpaired) electrons. The highest BCUT2D eigenvalue weighted by atomic mass is 16.5. The first-order valence-electron chi connectivity index (χ1n) is 9.14. The van der Waals surface area contributed by atoms with E-state index >= 15 is 0 Å². The highest BCUT2D eigenvalue weighted by Crippen LogP contribution is 2.34. The summed E-state index contributed by atoms with van der Waals surface area (Å²) >= 11 is 0. The molecule has 148 valence electrons. The molecule has 2 fully saturated rings. The maximum absolute atomic E-state index is 13.3. The molecule has 0 saturated carbocycles. The predicted octanol–water partition coefficient (Wildman–Crippen LogP) is 0.594. The zero-order chi connectivity index (χ0) is 20.2. The number of hydrogen-bond donors (Lipinski definition) is 3. The number of benzene rings is 1. The fraction of sp³-hybridized carbons (Fsp3) is 0.421. The molecule has 5 N–H and O–H groups in total. The Morgan fingerprint density at radius 1 is 1.21 bits per heavy atom. The lowest BCUT2D eigenvalue weighted by atomic mass is 10.0. The predicted molar refractivity (Wildman–Crippen MR) is 101 cm³/mol. The summed E-state index contributed by atoms with van der Waals surface area (Å²) in [5, 5.41) is 10.2. The molecule has 1 aromatic heterocycles. The summed E-state index contributed by atoms with van der Waals surface area (Å²) in [6.45, 7) is 5.97. The van der Waals surface area contributed by atoms with Crippen LogP contribution < -0.4 is 11.5 Å². The van der Waals surface area contributed by atoms with E-state index in [0.29, 0.717) is 49.4 Å². The van der Waals surface area contributed by atoms with Gasteiger partial charge in [0, 0.05) is 30.5 Å². The van der Waals surface area contributed by atoms with Crippen LogP contribution in [0.5, 0.6) is 5.75 Å². The van der Waals surface area contributed by atoms with Gasteiger partial charge in [-0.2, -0.15) is 0 Å². The van der Waals surface area contributed by atoms with Crippen molar-refractivity contribution in [1.82, 2.24) is 14.5 Å². The van der Waals surface area contributed by atoms with Crippen molar-refractivity contribution < 1.29 is 19.4 Å². The van der Waals surface area contributed by atoms with Crippen LogP contribution in [0.3, 0.4) is 0 Å². The molecule has 3 heterocycles. The van der Waals surface area contributed by atoms with E-state index in [-0.39, 0.29) is 29.0 Å². The van der Waals surface area contributed by atoms with Gasteiger partial charge in [-0.25, -0.2) is 4.98 Å². The van der Waals surface area contributed by atoms with Crippen molar-refractivity contribution >= 4 is 17.6 Å². The van der Waals surface area contributed by atoms with Gasteiger partial charge in [-0.1, -0.05) is 6.07 Å². The molecule has 4 rings (SSSR count). The van der Waals surface area contributed by atoms with Crippen molar-refractivity contribution in [3.63, 3.8) is 0 Å². The zero-order valence-electron chi connectivity index (χ0n) is 15.8. The summed E-state index contributed by atoms with van der Waals surface area (Å²) < 4.78 is 6.90. The number of primary amides is 1. The Morgan fingerprint density at radius 2 is 1.86 bits per heavy atom. The Kier molecular flexibility index (Phi) is 4.26. The molecule has 2 amide bonds. The minimum Gasteiger partial charge on any atom is -0.508 e. The van der Waals surface area contributed by atoms with Gasteiger partial charge < -0.3 is 26.2 Å². The maximum Gasteiger partial charge on any atom is 0.290 e. The molecular formula is C19H23N5O4. The molecule has 9 heteroatoms. The van der Waals surface area contributed by atoms with E-state index in [2.05, 4.69) is 4.98 Å². The number of phenols is 1. The zero-order valence-corrected chi connectivity index (χ0v) is 15.8. The van der Waals surface area contributed by atoms with Crippen LogP contribution >= 0.6 is 0 Å². The van der Waals surface area contributed by atoms with Crippen molar-refractivity contribution in [3.05, 3.63) is 34.8 Å². The number of aromatic nitrogens is 2. The quantitative estimate of drug-likeness (QED) is 0.707. The average Bonchev–Trinajstić information content (AvgIpc) is 3.32. The number of phenolic OH excluding ortho intramolecular Hbond substituents is 1. The summed E-state index contributed by atoms with van der Waals surface area (Å²) in [7, 11) is 0. The number of amides is 2. The number of likely N-dealkylation sites (tertiary alicyclic amines) is 1. The first-order chi connectivity index (χ1) is 13.3. The number of carbonyl (C=O) groups excluding carboxylic acids is 2. The molecule has 28 heavy (non-hydrogen) atoms. The number of nitrogens with two attached hydrogens (primary N) is 2. The number of carbonyl (C=O) groups is 2. The number of hydrogen-bond acceptors (Lipinski definition) is 6. The largest absolute Gasteiger partial charge is 0.508 e. The Labute approximate surface area is 161 Å². The number of anilines is 1. The van der Waals surface area contributed by atoms with Gasteiger partial charge in [0.25, 0.3) is 11.8 Å². The van der Waals surface area contributed by atoms with Gasteiger partial charge >= 0.3 is 0 Å². The summed E-state index contributed by atoms with van der Waals surface area (Å²) in [5.74, 6) is -0.461. The van der Waals surface area contributed by atoms with Crippen LogP contribution in [-0.2, 0) is 4.74 Å². The first-order valence-corrected chi connectivity index (χ1v) is 9.14. The third-order valence-corrected chi connectivity index (χ3v) is 5.69. The fourth-order valence-electron chi connectivity index (χ4n) is 4.15. The summed E-state index contributed by atoms with van der Waals surface area (Å²) in [5.41, 5.74) is 13.3. The van der Waals surface area contributed by atoms with Crippen LogP contribution in [0, 0.1) is 25.7 Å². The van der Waals surface area contributed by atoms with Crippen molar-refractivity contribution in [2.75, 3.05) is 32.0 Å². The van der Waals surface area contributed by atoms with E-state index in [1.54, 1.807) is 24.0 Å². The molecule has 0 aliphatic carbocycles. The second-order valence-corrected chi connectivity index (χ2v) is 7.51. The van der Waals surface area contributed by atoms with Crippen molar-refractivity contribution in [3.8, 4) is 11.4 Å². The van der Waals surface area contributed by atoms with Crippen LogP contribution in [-0.4, -0.2) is 57.7 Å². The van der Waals surface area contributed by atoms with Crippen molar-refractivity contribution in [2.45, 2.75) is 13.8 Å². The fourth-order valence-corrected chi connectivity index (χ4v) is 4.15. The normalized spacial score (nSPS) is 21.1. The summed E-state index contributed by atoms with van der Waals surface area (Å²) in [4.78, 5) is 31.0. The van der Waals surface area contributed by atoms with E-state index < -0.39 is 5.91 Å². The number of nitrogen functional groups attached to an aromatic ring is 1. The van der Waals surface area contributed by atoms with Gasteiger partial charge in [-0.05, 0) is 25.5 Å². The van der Waals surface area contributed by atoms with E-state index in [0.717, 1.165) is 5.56 Å². The number of ether oxygens (including phenoxy) is 1. The maximum atomic E-state index is 13.3.